The molecule has 1 aliphatic carbocycles. The van der Waals surface area contributed by atoms with Crippen LogP contribution in [0.3, 0.4) is 0 Å². The molecule has 9 nitrogen and oxygen atoms in total. The van der Waals surface area contributed by atoms with E-state index in [1.807, 2.05) is 4.72 Å². The van der Waals surface area contributed by atoms with Gasteiger partial charge in [-0.15, -0.1) is 0 Å². The van der Waals surface area contributed by atoms with E-state index in [1.54, 1.807) is 19.1 Å². The lowest BCUT2D eigenvalue weighted by Crippen LogP contribution is -2.31. The van der Waals surface area contributed by atoms with Crippen molar-refractivity contribution >= 4 is 38.6 Å². The molecule has 1 aliphatic rings. The molecule has 5 rings (SSSR count). The van der Waals surface area contributed by atoms with Crippen molar-refractivity contribution < 1.29 is 35.7 Å². The molecule has 1 saturated carbocycles. The van der Waals surface area contributed by atoms with Gasteiger partial charge >= 0.3 is 6.09 Å². The van der Waals surface area contributed by atoms with Crippen LogP contribution in [-0.2, 0) is 28.1 Å². The second-order valence-corrected chi connectivity index (χ2v) is 11.3. The van der Waals surface area contributed by atoms with Crippen molar-refractivity contribution in [2.75, 3.05) is 12.4 Å². The number of rotatable bonds is 8. The summed E-state index contributed by atoms with van der Waals surface area (Å²) in [6.07, 6.45) is -1.09. The Morgan fingerprint density at radius 3 is 2.61 bits per heavy atom. The minimum atomic E-state index is -4.22. The maximum Gasteiger partial charge on any atom is 0.411 e. The third-order valence-electron chi connectivity index (χ3n) is 6.79. The van der Waals surface area contributed by atoms with Gasteiger partial charge in [0, 0.05) is 48.6 Å². The number of anilines is 1. The second kappa shape index (κ2) is 11.7. The summed E-state index contributed by atoms with van der Waals surface area (Å²) in [6, 6.07) is 14.2. The summed E-state index contributed by atoms with van der Waals surface area (Å²) in [4.78, 5) is 25.6. The number of amides is 2. The number of hydrogen-bond acceptors (Lipinski definition) is 6. The molecule has 0 aliphatic heterocycles. The Bertz CT molecular complexity index is 1970. The lowest BCUT2D eigenvalue weighted by molar-refractivity contribution is 0.0980. The highest BCUT2D eigenvalue weighted by molar-refractivity contribution is 7.90. The molecule has 0 saturated heterocycles. The van der Waals surface area contributed by atoms with Gasteiger partial charge in [0.25, 0.3) is 15.9 Å². The van der Waals surface area contributed by atoms with Crippen LogP contribution in [0.2, 0.25) is 0 Å². The van der Waals surface area contributed by atoms with Gasteiger partial charge in [0.15, 0.2) is 0 Å². The fourth-order valence-corrected chi connectivity index (χ4v) is 5.95. The first-order valence-corrected chi connectivity index (χ1v) is 14.4. The van der Waals surface area contributed by atoms with E-state index in [0.717, 1.165) is 23.6 Å². The summed E-state index contributed by atoms with van der Waals surface area (Å²) in [5.74, 6) is -1.06. The summed E-state index contributed by atoms with van der Waals surface area (Å²) in [6.45, 7) is -1.09. The van der Waals surface area contributed by atoms with Crippen molar-refractivity contribution in [3.05, 3.63) is 89.1 Å². The minimum Gasteiger partial charge on any atom is -0.496 e. The van der Waals surface area contributed by atoms with Crippen molar-refractivity contribution in [2.24, 2.45) is 6.98 Å². The number of aromatic nitrogens is 1. The van der Waals surface area contributed by atoms with Crippen LogP contribution in [-0.4, -0.2) is 38.2 Å². The van der Waals surface area contributed by atoms with E-state index in [-0.39, 0.29) is 43.9 Å². The number of fused-ring (bicyclic) bond motifs is 1. The standard InChI is InChI=1S/C31H33N3O6S/c1-20-8-4-7-11-29(20)41(37,38)33-30(35)22-13-12-21(28(17-22)39-3)16-23-19-34(2)27-15-14-24(18-26(23)27)32-31(36)40-25-9-5-6-10-25/h4,7-8,11-15,17-19,25H,5-6,9-10,16H2,1-3H3,(H,32,36)(H,33,35)/i2D3,16D2,25D. The average Bonchev–Trinajstić information content (AvgIpc) is 3.60. The van der Waals surface area contributed by atoms with Crippen molar-refractivity contribution in [3.8, 4) is 5.75 Å². The summed E-state index contributed by atoms with van der Waals surface area (Å²) < 4.78 is 90.2. The van der Waals surface area contributed by atoms with Crippen LogP contribution >= 0.6 is 0 Å². The molecule has 214 valence electrons. The van der Waals surface area contributed by atoms with E-state index in [2.05, 4.69) is 5.32 Å². The van der Waals surface area contributed by atoms with Gasteiger partial charge in [-0.25, -0.2) is 17.9 Å². The normalized spacial score (nSPS) is 17.3. The van der Waals surface area contributed by atoms with E-state index in [4.69, 9.17) is 17.7 Å². The number of carbonyl (C=O) groups is 2. The minimum absolute atomic E-state index is 0.0706. The molecular formula is C31H33N3O6S. The third kappa shape index (κ3) is 6.22. The SMILES string of the molecule is [2H]C1(OC(=O)Nc2ccc3c(c2)c(C([2H])([2H])c2ccc(C(=O)NS(=O)(=O)c4ccccc4C)cc2OC)cn3C([2H])([2H])[2H])CCCC1. The summed E-state index contributed by atoms with van der Waals surface area (Å²) in [5.41, 5.74) is 0.520. The quantitative estimate of drug-likeness (QED) is 0.276. The van der Waals surface area contributed by atoms with Gasteiger partial charge in [0.05, 0.1) is 13.4 Å². The number of ether oxygens (including phenoxy) is 2. The Hall–Kier alpha value is -4.31. The van der Waals surface area contributed by atoms with Gasteiger partial charge in [0.1, 0.15) is 11.8 Å². The molecule has 0 unspecified atom stereocenters. The zero-order valence-electron chi connectivity index (χ0n) is 28.5. The number of sulfonamides is 1. The number of benzene rings is 3. The van der Waals surface area contributed by atoms with E-state index >= 15 is 0 Å². The maximum absolute atomic E-state index is 13.0. The van der Waals surface area contributed by atoms with Crippen LogP contribution in [0.15, 0.2) is 71.8 Å². The highest BCUT2D eigenvalue weighted by Crippen LogP contribution is 2.30. The maximum atomic E-state index is 13.0. The smallest absolute Gasteiger partial charge is 0.411 e. The average molecular weight is 582 g/mol. The lowest BCUT2D eigenvalue weighted by Gasteiger charge is -2.13. The molecule has 0 atom stereocenters. The molecular weight excluding hydrogens is 542 g/mol. The van der Waals surface area contributed by atoms with Crippen LogP contribution in [0.25, 0.3) is 10.9 Å². The summed E-state index contributed by atoms with van der Waals surface area (Å²) in [5, 5.41) is 2.72. The zero-order valence-corrected chi connectivity index (χ0v) is 23.3. The van der Waals surface area contributed by atoms with Gasteiger partial charge in [0.2, 0.25) is 0 Å². The van der Waals surface area contributed by atoms with E-state index in [9.17, 15) is 18.0 Å². The third-order valence-corrected chi connectivity index (χ3v) is 8.28. The molecule has 10 heteroatoms. The monoisotopic (exact) mass is 581 g/mol. The topological polar surface area (TPSA) is 116 Å². The van der Waals surface area contributed by atoms with Crippen molar-refractivity contribution in [2.45, 2.75) is 50.0 Å². The number of aryl methyl sites for hydroxylation is 2. The van der Waals surface area contributed by atoms with Crippen LogP contribution < -0.4 is 14.8 Å². The van der Waals surface area contributed by atoms with Crippen LogP contribution in [0.5, 0.6) is 5.75 Å². The van der Waals surface area contributed by atoms with E-state index in [1.165, 1.54) is 55.6 Å². The molecule has 41 heavy (non-hydrogen) atoms. The molecule has 0 bridgehead atoms. The van der Waals surface area contributed by atoms with Gasteiger partial charge in [-0.05, 0) is 85.7 Å². The summed E-state index contributed by atoms with van der Waals surface area (Å²) >= 11 is 0. The second-order valence-electron chi connectivity index (χ2n) is 9.65. The Morgan fingerprint density at radius 1 is 1.10 bits per heavy atom. The van der Waals surface area contributed by atoms with Crippen molar-refractivity contribution in [1.82, 2.24) is 9.29 Å². The molecule has 1 aromatic heterocycles. The largest absolute Gasteiger partial charge is 0.496 e. The predicted molar refractivity (Wildman–Crippen MR) is 157 cm³/mol. The molecule has 2 N–H and O–H groups in total. The Kier molecular flexibility index (Phi) is 6.10. The highest BCUT2D eigenvalue weighted by Gasteiger charge is 2.22. The van der Waals surface area contributed by atoms with Crippen molar-refractivity contribution in [3.63, 3.8) is 0 Å². The van der Waals surface area contributed by atoms with Gasteiger partial charge < -0.3 is 14.0 Å². The molecule has 1 fully saturated rings. The van der Waals surface area contributed by atoms with Gasteiger partial charge in [-0.3, -0.25) is 10.1 Å². The van der Waals surface area contributed by atoms with Gasteiger partial charge in [-0.1, -0.05) is 24.3 Å². The molecule has 1 heterocycles. The van der Waals surface area contributed by atoms with E-state index in [0.29, 0.717) is 18.4 Å². The van der Waals surface area contributed by atoms with Gasteiger partial charge in [-0.2, -0.15) is 0 Å². The predicted octanol–water partition coefficient (Wildman–Crippen LogP) is 5.70. The number of nitrogens with zero attached hydrogens (tertiary/aromatic N) is 1. The first kappa shape index (κ1) is 21.4. The lowest BCUT2D eigenvalue weighted by atomic mass is 10.0. The molecule has 4 aromatic rings. The Labute approximate surface area is 247 Å². The highest BCUT2D eigenvalue weighted by atomic mass is 32.2. The fourth-order valence-electron chi connectivity index (χ4n) is 4.73. The van der Waals surface area contributed by atoms with Crippen LogP contribution in [0.4, 0.5) is 10.5 Å². The summed E-state index contributed by atoms with van der Waals surface area (Å²) in [7, 11) is -2.96. The zero-order chi connectivity index (χ0) is 34.4. The number of nitrogens with one attached hydrogen (secondary N) is 2. The van der Waals surface area contributed by atoms with E-state index < -0.39 is 41.5 Å². The molecule has 2 amide bonds. The Morgan fingerprint density at radius 2 is 1.88 bits per heavy atom. The Balaban J connectivity index is 1.50. The fraction of sp³-hybridized carbons (Fsp3) is 0.290. The molecule has 0 radical (unpaired) electrons. The first-order chi connectivity index (χ1) is 21.9. The van der Waals surface area contributed by atoms with Crippen molar-refractivity contribution in [1.29, 1.82) is 0 Å². The first-order valence-electron chi connectivity index (χ1n) is 15.9. The number of methoxy groups -OCH3 is 1. The molecule has 3 aromatic carbocycles. The molecule has 0 spiro atoms. The van der Waals surface area contributed by atoms with Crippen LogP contribution in [0.1, 0.15) is 61.0 Å². The number of carbonyl (C=O) groups excluding carboxylic acids is 2. The van der Waals surface area contributed by atoms with Crippen LogP contribution in [0, 0.1) is 6.92 Å². The number of hydrogen-bond donors (Lipinski definition) is 2.